The molecule has 0 radical (unpaired) electrons. The molecular formula is C62H34. The second kappa shape index (κ2) is 11.8. The van der Waals surface area contributed by atoms with Crippen LogP contribution in [0, 0.1) is 0 Å². The molecule has 0 unspecified atom stereocenters. The minimum Gasteiger partial charge on any atom is -0.0616 e. The van der Waals surface area contributed by atoms with E-state index in [0.717, 1.165) is 0 Å². The fraction of sp³-hybridized carbons (Fsp3) is 0. The Bertz CT molecular complexity index is 4200. The zero-order valence-corrected chi connectivity index (χ0v) is 33.6. The summed E-state index contributed by atoms with van der Waals surface area (Å²) in [6, 6.07) is 78.3. The summed E-state index contributed by atoms with van der Waals surface area (Å²) in [6.45, 7) is 0. The van der Waals surface area contributed by atoms with E-state index < -0.39 is 0 Å². The van der Waals surface area contributed by atoms with Gasteiger partial charge in [-0.1, -0.05) is 176 Å². The van der Waals surface area contributed by atoms with Crippen LogP contribution in [0.4, 0.5) is 0 Å². The Balaban J connectivity index is 1.15. The maximum atomic E-state index is 2.49. The number of hydrogen-bond acceptors (Lipinski definition) is 0. The molecular weight excluding hydrogens is 745 g/mol. The molecule has 62 heavy (non-hydrogen) atoms. The number of benzene rings is 13. The van der Waals surface area contributed by atoms with Crippen LogP contribution in [0.5, 0.6) is 0 Å². The molecule has 0 bridgehead atoms. The van der Waals surface area contributed by atoms with Gasteiger partial charge in [0, 0.05) is 0 Å². The molecule has 0 N–H and O–H groups in total. The second-order valence-corrected chi connectivity index (χ2v) is 17.5. The van der Waals surface area contributed by atoms with Crippen LogP contribution in [0.2, 0.25) is 0 Å². The lowest BCUT2D eigenvalue weighted by atomic mass is 9.80. The van der Waals surface area contributed by atoms with Gasteiger partial charge in [-0.3, -0.25) is 0 Å². The van der Waals surface area contributed by atoms with Crippen LogP contribution in [0.1, 0.15) is 0 Å². The first-order valence-electron chi connectivity index (χ1n) is 21.7. The number of hydrogen-bond donors (Lipinski definition) is 0. The Morgan fingerprint density at radius 2 is 0.677 bits per heavy atom. The lowest BCUT2D eigenvalue weighted by molar-refractivity contribution is 1.66. The van der Waals surface area contributed by atoms with Crippen molar-refractivity contribution in [1.82, 2.24) is 0 Å². The Labute approximate surface area is 357 Å². The molecule has 0 aromatic heterocycles. The van der Waals surface area contributed by atoms with Gasteiger partial charge in [-0.2, -0.15) is 0 Å². The smallest absolute Gasteiger partial charge is 0.000718 e. The van der Waals surface area contributed by atoms with E-state index in [1.54, 1.807) is 0 Å². The minimum atomic E-state index is 1.24. The van der Waals surface area contributed by atoms with Crippen LogP contribution >= 0.6 is 0 Å². The molecule has 2 aliphatic rings. The van der Waals surface area contributed by atoms with Crippen molar-refractivity contribution in [2.24, 2.45) is 0 Å². The highest BCUT2D eigenvalue weighted by Crippen LogP contribution is 2.60. The summed E-state index contributed by atoms with van der Waals surface area (Å²) in [7, 11) is 0. The summed E-state index contributed by atoms with van der Waals surface area (Å²) in [6.07, 6.45) is 0. The van der Waals surface area contributed by atoms with Crippen molar-refractivity contribution >= 4 is 86.2 Å². The summed E-state index contributed by atoms with van der Waals surface area (Å²) in [4.78, 5) is 0. The van der Waals surface area contributed by atoms with Crippen LogP contribution in [0.25, 0.3) is 153 Å². The molecule has 0 atom stereocenters. The Kier molecular flexibility index (Phi) is 6.24. The first-order valence-corrected chi connectivity index (χ1v) is 21.7. The second-order valence-electron chi connectivity index (χ2n) is 17.5. The Morgan fingerprint density at radius 3 is 1.44 bits per heavy atom. The fourth-order valence-corrected chi connectivity index (χ4v) is 11.8. The molecule has 13 aromatic rings. The molecule has 0 saturated carbocycles. The zero-order chi connectivity index (χ0) is 40.2. The average Bonchev–Trinajstić information content (AvgIpc) is 3.82. The SMILES string of the molecule is c1ccc2cc(-c3c4c(c(-c5ccc6ccccc6c5)c5c3ccc3c6cc7c(cc6ccc35)-c3cccc5cccc-7c35)-c3cccc5c3c-4cc3ccccc35)ccc2c1. The molecule has 15 rings (SSSR count). The van der Waals surface area contributed by atoms with E-state index in [0.29, 0.717) is 0 Å². The van der Waals surface area contributed by atoms with Crippen LogP contribution in [0.15, 0.2) is 206 Å². The van der Waals surface area contributed by atoms with Crippen molar-refractivity contribution in [1.29, 1.82) is 0 Å². The third kappa shape index (κ3) is 4.21. The first-order chi connectivity index (χ1) is 30.7. The fourth-order valence-electron chi connectivity index (χ4n) is 11.8. The predicted molar refractivity (Wildman–Crippen MR) is 266 cm³/mol. The first kappa shape index (κ1) is 32.8. The molecule has 0 nitrogen and oxygen atoms in total. The highest BCUT2D eigenvalue weighted by Gasteiger charge is 2.32. The maximum absolute atomic E-state index is 2.49. The minimum absolute atomic E-state index is 1.24. The molecule has 0 aliphatic heterocycles. The monoisotopic (exact) mass is 778 g/mol. The van der Waals surface area contributed by atoms with Crippen LogP contribution in [-0.2, 0) is 0 Å². The summed E-state index contributed by atoms with van der Waals surface area (Å²) in [5.41, 5.74) is 15.7. The van der Waals surface area contributed by atoms with Crippen LogP contribution in [-0.4, -0.2) is 0 Å². The van der Waals surface area contributed by atoms with Crippen molar-refractivity contribution < 1.29 is 0 Å². The van der Waals surface area contributed by atoms with Crippen molar-refractivity contribution in [3.8, 4) is 66.8 Å². The maximum Gasteiger partial charge on any atom is -0.000718 e. The molecule has 0 heterocycles. The zero-order valence-electron chi connectivity index (χ0n) is 33.6. The third-order valence-corrected chi connectivity index (χ3v) is 14.4. The predicted octanol–water partition coefficient (Wildman–Crippen LogP) is 17.5. The average molecular weight is 779 g/mol. The highest BCUT2D eigenvalue weighted by molar-refractivity contribution is 6.35. The third-order valence-electron chi connectivity index (χ3n) is 14.4. The number of fused-ring (bicyclic) bond motifs is 15. The van der Waals surface area contributed by atoms with Gasteiger partial charge in [-0.05, 0) is 183 Å². The Morgan fingerprint density at radius 1 is 0.177 bits per heavy atom. The summed E-state index contributed by atoms with van der Waals surface area (Å²) >= 11 is 0. The molecule has 0 spiro atoms. The van der Waals surface area contributed by atoms with Gasteiger partial charge >= 0.3 is 0 Å². The van der Waals surface area contributed by atoms with Crippen molar-refractivity contribution in [3.05, 3.63) is 206 Å². The summed E-state index contributed by atoms with van der Waals surface area (Å²) < 4.78 is 0. The topological polar surface area (TPSA) is 0 Å². The highest BCUT2D eigenvalue weighted by atomic mass is 14.3. The standard InChI is InChI=1S/C62H34/c1-3-12-38-30-42(24-22-35(38)10-1)57-51-29-28-45-49(27-26-41-32-53-47-18-7-15-37-16-8-19-48(56(37)47)54(53)34-52(41)45)60(51)58(43-25-23-36-11-2-4-13-39(36)31-43)61-50-21-9-20-46-44-17-6-5-14-40(44)33-55(59(46)50)62(57)61/h1-34H. The number of rotatable bonds is 2. The van der Waals surface area contributed by atoms with Gasteiger partial charge in [0.1, 0.15) is 0 Å². The van der Waals surface area contributed by atoms with Gasteiger partial charge in [0.2, 0.25) is 0 Å². The molecule has 13 aromatic carbocycles. The van der Waals surface area contributed by atoms with E-state index >= 15 is 0 Å². The molecule has 0 amide bonds. The van der Waals surface area contributed by atoms with Crippen LogP contribution in [0.3, 0.4) is 0 Å². The molecule has 0 heteroatoms. The molecule has 2 aliphatic carbocycles. The van der Waals surface area contributed by atoms with E-state index in [9.17, 15) is 0 Å². The largest absolute Gasteiger partial charge is 0.0616 e. The lowest BCUT2D eigenvalue weighted by Crippen LogP contribution is -1.95. The Hall–Kier alpha value is -8.06. The van der Waals surface area contributed by atoms with E-state index in [-0.39, 0.29) is 0 Å². The molecule has 0 fully saturated rings. The van der Waals surface area contributed by atoms with Crippen molar-refractivity contribution in [3.63, 3.8) is 0 Å². The molecule has 282 valence electrons. The normalized spacial score (nSPS) is 12.5. The van der Waals surface area contributed by atoms with E-state index in [2.05, 4.69) is 206 Å². The van der Waals surface area contributed by atoms with Gasteiger partial charge in [-0.25, -0.2) is 0 Å². The summed E-state index contributed by atoms with van der Waals surface area (Å²) in [5.74, 6) is 0. The van der Waals surface area contributed by atoms with Gasteiger partial charge in [0.05, 0.1) is 0 Å². The van der Waals surface area contributed by atoms with Gasteiger partial charge in [0.25, 0.3) is 0 Å². The molecule has 0 saturated heterocycles. The van der Waals surface area contributed by atoms with Gasteiger partial charge < -0.3 is 0 Å². The quantitative estimate of drug-likeness (QED) is 0.153. The lowest BCUT2D eigenvalue weighted by Gasteiger charge is -2.23. The van der Waals surface area contributed by atoms with E-state index in [1.165, 1.54) is 153 Å². The van der Waals surface area contributed by atoms with Gasteiger partial charge in [0.15, 0.2) is 0 Å². The van der Waals surface area contributed by atoms with E-state index in [1.807, 2.05) is 0 Å². The van der Waals surface area contributed by atoms with E-state index in [4.69, 9.17) is 0 Å². The van der Waals surface area contributed by atoms with Crippen LogP contribution < -0.4 is 0 Å². The van der Waals surface area contributed by atoms with Crippen molar-refractivity contribution in [2.75, 3.05) is 0 Å². The van der Waals surface area contributed by atoms with Gasteiger partial charge in [-0.15, -0.1) is 0 Å². The summed E-state index contributed by atoms with van der Waals surface area (Å²) in [5, 5.41) is 20.6. The van der Waals surface area contributed by atoms with Crippen molar-refractivity contribution in [2.45, 2.75) is 0 Å².